The minimum atomic E-state index is -1.78. The van der Waals surface area contributed by atoms with Crippen molar-refractivity contribution >= 4 is 37.3 Å². The summed E-state index contributed by atoms with van der Waals surface area (Å²) < 4.78 is 60.9. The Hall–Kier alpha value is -3.02. The van der Waals surface area contributed by atoms with E-state index in [-0.39, 0.29) is 44.9 Å². The second kappa shape index (κ2) is 31.2. The van der Waals surface area contributed by atoms with E-state index in [4.69, 9.17) is 47.4 Å². The third-order valence-corrected chi connectivity index (χ3v) is 15.8. The lowest BCUT2D eigenvalue weighted by molar-refractivity contribution is -0.347. The predicted octanol–water partition coefficient (Wildman–Crippen LogP) is -8.12. The van der Waals surface area contributed by atoms with Crippen molar-refractivity contribution in [3.8, 4) is 0 Å². The number of hydrogen-bond donors (Lipinski definition) is 16. The number of ether oxygens (including phenoxy) is 10. The maximum absolute atomic E-state index is 12.3. The molecule has 0 aliphatic carbocycles. The summed E-state index contributed by atoms with van der Waals surface area (Å²) in [6.45, 7) is -4.83. The molecule has 6 saturated heterocycles. The van der Waals surface area contributed by atoms with Crippen molar-refractivity contribution in [3.05, 3.63) is 0 Å². The molecular formula is C51H82N6O26. The Labute approximate surface area is 476 Å². The number of aliphatic imine (C=N–C) groups is 6. The number of aliphatic hydroxyl groups is 16. The van der Waals surface area contributed by atoms with Crippen LogP contribution < -0.4 is 0 Å². The zero-order valence-electron chi connectivity index (χ0n) is 45.3. The first-order valence-electron chi connectivity index (χ1n) is 28.2. The molecule has 0 saturated carbocycles. The van der Waals surface area contributed by atoms with Gasteiger partial charge in [-0.25, -0.2) is 0 Å². The molecule has 0 spiro atoms. The van der Waals surface area contributed by atoms with Crippen LogP contribution in [0, 0.1) is 0 Å². The highest BCUT2D eigenvalue weighted by atomic mass is 16.8. The van der Waals surface area contributed by atoms with Crippen molar-refractivity contribution in [2.75, 3.05) is 39.6 Å². The summed E-state index contributed by atoms with van der Waals surface area (Å²) in [5.74, 6) is 0. The summed E-state index contributed by atoms with van der Waals surface area (Å²) >= 11 is 0. The smallest absolute Gasteiger partial charge is 0.183 e. The molecule has 0 amide bonds. The summed E-state index contributed by atoms with van der Waals surface area (Å²) in [7, 11) is 0. The third kappa shape index (κ3) is 15.3. The van der Waals surface area contributed by atoms with Crippen LogP contribution in [0.1, 0.15) is 57.8 Å². The second-order valence-corrected chi connectivity index (χ2v) is 21.5. The fourth-order valence-corrected chi connectivity index (χ4v) is 11.2. The molecule has 0 aromatic rings. The molecule has 30 atom stereocenters. The topological polar surface area (TPSA) is 490 Å². The van der Waals surface area contributed by atoms with Gasteiger partial charge in [0.2, 0.25) is 0 Å². The molecule has 0 aromatic carbocycles. The van der Waals surface area contributed by atoms with Gasteiger partial charge in [-0.1, -0.05) is 0 Å². The lowest BCUT2D eigenvalue weighted by atomic mass is 9.94. The molecule has 32 heteroatoms. The largest absolute Gasteiger partial charge is 0.394 e. The van der Waals surface area contributed by atoms with Gasteiger partial charge in [0, 0.05) is 0 Å². The van der Waals surface area contributed by atoms with Crippen molar-refractivity contribution < 1.29 is 129 Å². The quantitative estimate of drug-likeness (QED) is 0.117. The van der Waals surface area contributed by atoms with Crippen LogP contribution in [0.25, 0.3) is 0 Å². The Morgan fingerprint density at radius 1 is 0.253 bits per heavy atom. The Balaban J connectivity index is 1.18. The standard InChI is InChI=1S/C51H82N6O26/c58-16-22-34(64)36(66)30-48(76-22)82-44-26(20-62)78-51-32(40(44)70)56-14-8-3-9-15-57-33-41(71)45(27(21-63)79-50(33)80-42-24(18-60)74-46(72)28(38(42)68)52-10-4-1-6-12-54-30)83-49-31(37(67)35(65)23(17-59)77-49)55-13-7-2-5-11-53-29-39(69)43(81-51)25(19-61)75-47(29)73/h10-15,22-51,58-73H,1-9,16-21H2/t22?,23?,24?,25?,26?,27?,28?,29?,30?,31?,32?,33?,34-,35-,36-,37-,38-,39-,40-,41-,42-,43-,44-,45-,46-,47-,48+,49+,50+,51+/m1/s1. The first kappa shape index (κ1) is 65.9. The monoisotopic (exact) mass is 1190 g/mol. The van der Waals surface area contributed by atoms with Crippen LogP contribution in [0.2, 0.25) is 0 Å². The molecule has 8 bridgehead atoms. The van der Waals surface area contributed by atoms with E-state index in [2.05, 4.69) is 30.0 Å². The third-order valence-electron chi connectivity index (χ3n) is 15.8. The van der Waals surface area contributed by atoms with Crippen LogP contribution in [0.15, 0.2) is 30.0 Å². The van der Waals surface area contributed by atoms with Gasteiger partial charge in [0.25, 0.3) is 0 Å². The van der Waals surface area contributed by atoms with Crippen LogP contribution in [-0.4, -0.2) is 342 Å². The highest BCUT2D eigenvalue weighted by Crippen LogP contribution is 2.37. The van der Waals surface area contributed by atoms with E-state index in [1.807, 2.05) is 0 Å². The van der Waals surface area contributed by atoms with Gasteiger partial charge in [-0.15, -0.1) is 0 Å². The molecule has 32 nitrogen and oxygen atoms in total. The molecule has 16 N–H and O–H groups in total. The van der Waals surface area contributed by atoms with Crippen molar-refractivity contribution in [1.82, 2.24) is 0 Å². The summed E-state index contributed by atoms with van der Waals surface area (Å²) in [6.07, 6.45) is -28.3. The molecule has 472 valence electrons. The molecule has 8 rings (SSSR count). The molecule has 6 fully saturated rings. The SMILES string of the molecule is OCC1O[C@H]2O[C@@H]3C(CO)O[C@H]4O[C@@H]5C(CO)O[C@@H](O)C(N=CCCCC=NC6[C@@H](OC(CO)[C@@H](O)[C@@H]6O)O[C@@H]6C(CO)O[C@@H](O[C@@H]7C(CO)O[C@@H](O)C(N=CCCCC=NC2[C@@H](O)[C@@H]1O)[C@H]7O)C(N=CCCCC=NC4[C@H]3O)[C@H]6O)[C@H]5O. The normalized spacial score (nSPS) is 48.3. The second-order valence-electron chi connectivity index (χ2n) is 21.5. The Bertz CT molecular complexity index is 2020. The lowest BCUT2D eigenvalue weighted by Crippen LogP contribution is -2.66. The summed E-state index contributed by atoms with van der Waals surface area (Å²) in [6, 6.07) is -8.59. The van der Waals surface area contributed by atoms with Gasteiger partial charge in [-0.3, -0.25) is 30.0 Å². The van der Waals surface area contributed by atoms with Crippen molar-refractivity contribution in [2.45, 2.75) is 242 Å². The van der Waals surface area contributed by atoms with Gasteiger partial charge >= 0.3 is 0 Å². The molecule has 0 radical (unpaired) electrons. The number of nitrogens with zero attached hydrogens (tertiary/aromatic N) is 6. The fourth-order valence-electron chi connectivity index (χ4n) is 11.2. The van der Waals surface area contributed by atoms with E-state index in [0.29, 0.717) is 12.8 Å². The minimum Gasteiger partial charge on any atom is -0.394 e. The van der Waals surface area contributed by atoms with Gasteiger partial charge in [0.15, 0.2) is 37.7 Å². The van der Waals surface area contributed by atoms with Crippen molar-refractivity contribution in [3.63, 3.8) is 0 Å². The van der Waals surface area contributed by atoms with Crippen LogP contribution in [0.4, 0.5) is 0 Å². The highest BCUT2D eigenvalue weighted by Gasteiger charge is 2.56. The maximum Gasteiger partial charge on any atom is 0.183 e. The van der Waals surface area contributed by atoms with Gasteiger partial charge in [-0.2, -0.15) is 0 Å². The zero-order valence-corrected chi connectivity index (χ0v) is 45.3. The van der Waals surface area contributed by atoms with Crippen molar-refractivity contribution in [1.29, 1.82) is 0 Å². The van der Waals surface area contributed by atoms with E-state index in [1.165, 1.54) is 37.3 Å². The van der Waals surface area contributed by atoms with Crippen LogP contribution >= 0.6 is 0 Å². The van der Waals surface area contributed by atoms with E-state index in [0.717, 1.165) is 0 Å². The van der Waals surface area contributed by atoms with Crippen molar-refractivity contribution in [2.24, 2.45) is 30.0 Å². The lowest BCUT2D eigenvalue weighted by Gasteiger charge is -2.48. The highest BCUT2D eigenvalue weighted by molar-refractivity contribution is 5.62. The van der Waals surface area contributed by atoms with Gasteiger partial charge in [-0.05, 0) is 95.1 Å². The van der Waals surface area contributed by atoms with E-state index in [9.17, 15) is 81.7 Å². The number of aliphatic hydroxyl groups excluding tert-OH is 16. The minimum absolute atomic E-state index is 0.121. The number of fused-ring (bicyclic) bond motifs is 12. The zero-order chi connectivity index (χ0) is 59.5. The fraction of sp³-hybridized carbons (Fsp3) is 0.882. The molecule has 8 heterocycles. The van der Waals surface area contributed by atoms with Gasteiger partial charge in [0.1, 0.15) is 146 Å². The van der Waals surface area contributed by atoms with Crippen LogP contribution in [-0.2, 0) is 47.4 Å². The Morgan fingerprint density at radius 3 is 0.735 bits per heavy atom. The summed E-state index contributed by atoms with van der Waals surface area (Å²) in [4.78, 5) is 26.8. The van der Waals surface area contributed by atoms with E-state index >= 15 is 0 Å². The summed E-state index contributed by atoms with van der Waals surface area (Å²) in [5.41, 5.74) is 0. The molecule has 0 aromatic heterocycles. The first-order chi connectivity index (χ1) is 40.1. The average molecular weight is 1200 g/mol. The van der Waals surface area contributed by atoms with Crippen LogP contribution in [0.5, 0.6) is 0 Å². The number of hydrogen-bond acceptors (Lipinski definition) is 32. The average Bonchev–Trinajstić information content (AvgIpc) is 3.61. The first-order valence-corrected chi connectivity index (χ1v) is 28.2. The van der Waals surface area contributed by atoms with Gasteiger partial charge in [0.05, 0.1) is 39.6 Å². The van der Waals surface area contributed by atoms with Gasteiger partial charge < -0.3 is 129 Å². The molecule has 8 aliphatic heterocycles. The number of rotatable bonds is 6. The predicted molar refractivity (Wildman–Crippen MR) is 282 cm³/mol. The Morgan fingerprint density at radius 2 is 0.470 bits per heavy atom. The molecule has 83 heavy (non-hydrogen) atoms. The summed E-state index contributed by atoms with van der Waals surface area (Å²) in [5, 5.41) is 177. The Kier molecular flexibility index (Phi) is 24.8. The molecule has 8 aliphatic rings. The maximum atomic E-state index is 12.3. The van der Waals surface area contributed by atoms with E-state index in [1.54, 1.807) is 0 Å². The van der Waals surface area contributed by atoms with Crippen LogP contribution in [0.3, 0.4) is 0 Å². The molecular weight excluding hydrogens is 1110 g/mol. The molecule has 12 unspecified atom stereocenters. The van der Waals surface area contributed by atoms with E-state index < -0.39 is 224 Å².